The highest BCUT2D eigenvalue weighted by atomic mass is 16.7. The highest BCUT2D eigenvalue weighted by Crippen LogP contribution is 2.31. The predicted octanol–water partition coefficient (Wildman–Crippen LogP) is 1.12. The molecule has 0 saturated carbocycles. The van der Waals surface area contributed by atoms with Gasteiger partial charge in [-0.25, -0.2) is 0 Å². The van der Waals surface area contributed by atoms with E-state index >= 15 is 0 Å². The average molecular weight is 546 g/mol. The molecule has 0 bridgehead atoms. The summed E-state index contributed by atoms with van der Waals surface area (Å²) in [5.74, 6) is -0.947. The van der Waals surface area contributed by atoms with Crippen LogP contribution in [0.3, 0.4) is 0 Å². The van der Waals surface area contributed by atoms with Crippen LogP contribution in [-0.4, -0.2) is 75.4 Å². The van der Waals surface area contributed by atoms with Crippen LogP contribution < -0.4 is 15.9 Å². The van der Waals surface area contributed by atoms with Crippen molar-refractivity contribution in [1.82, 2.24) is 0 Å². The molecule has 39 heavy (non-hydrogen) atoms. The summed E-state index contributed by atoms with van der Waals surface area (Å²) in [6, 6.07) is 8.30. The average Bonchev–Trinajstić information content (AvgIpc) is 2.91. The van der Waals surface area contributed by atoms with E-state index in [2.05, 4.69) is 0 Å². The van der Waals surface area contributed by atoms with Crippen LogP contribution in [0.25, 0.3) is 22.1 Å². The Labute approximate surface area is 222 Å². The molecule has 1 saturated heterocycles. The first-order valence-electron chi connectivity index (χ1n) is 12.5. The quantitative estimate of drug-likeness (QED) is 0.157. The fourth-order valence-electron chi connectivity index (χ4n) is 4.25. The molecular weight excluding hydrogens is 514 g/mol. The molecule has 2 heterocycles. The van der Waals surface area contributed by atoms with Gasteiger partial charge in [-0.05, 0) is 37.1 Å². The first kappa shape index (κ1) is 28.3. The Balaban J connectivity index is 1.42. The van der Waals surface area contributed by atoms with E-state index in [1.54, 1.807) is 0 Å². The lowest BCUT2D eigenvalue weighted by Crippen LogP contribution is -2.60. The molecule has 3 aromatic rings. The third-order valence-electron chi connectivity index (χ3n) is 6.42. The lowest BCUT2D eigenvalue weighted by molar-refractivity contribution is -0.278. The van der Waals surface area contributed by atoms with Crippen LogP contribution in [-0.2, 0) is 14.3 Å². The second kappa shape index (κ2) is 12.5. The van der Waals surface area contributed by atoms with Gasteiger partial charge in [0.1, 0.15) is 65.5 Å². The van der Waals surface area contributed by atoms with Gasteiger partial charge in [0, 0.05) is 18.6 Å². The molecule has 1 aliphatic heterocycles. The highest BCUT2D eigenvalue weighted by molar-refractivity contribution is 5.88. The Hall–Kier alpha value is -3.68. The number of nitrogens with two attached hydrogens (primary N) is 1. The molecule has 7 N–H and O–H groups in total. The number of phenols is 2. The van der Waals surface area contributed by atoms with Gasteiger partial charge in [0.25, 0.3) is 0 Å². The van der Waals surface area contributed by atoms with E-state index in [4.69, 9.17) is 24.4 Å². The number of carbonyl (C=O) groups excluding carboxylic acids is 1. The Bertz CT molecular complexity index is 1340. The highest BCUT2D eigenvalue weighted by Gasteiger charge is 2.45. The predicted molar refractivity (Wildman–Crippen MR) is 137 cm³/mol. The van der Waals surface area contributed by atoms with E-state index in [1.807, 2.05) is 0 Å². The van der Waals surface area contributed by atoms with Crippen molar-refractivity contribution in [3.8, 4) is 28.4 Å². The van der Waals surface area contributed by atoms with Gasteiger partial charge in [0.05, 0.1) is 5.56 Å². The van der Waals surface area contributed by atoms with Crippen LogP contribution in [0.4, 0.5) is 0 Å². The van der Waals surface area contributed by atoms with Crippen LogP contribution in [0.15, 0.2) is 51.9 Å². The number of aromatic hydroxyl groups is 2. The summed E-state index contributed by atoms with van der Waals surface area (Å²) in [5.41, 5.74) is 5.52. The first-order valence-corrected chi connectivity index (χ1v) is 12.5. The normalized spacial score (nSPS) is 23.0. The third-order valence-corrected chi connectivity index (χ3v) is 6.42. The number of hydrogen-bond acceptors (Lipinski definition) is 12. The Morgan fingerprint density at radius 3 is 2.44 bits per heavy atom. The fourth-order valence-corrected chi connectivity index (χ4v) is 4.25. The summed E-state index contributed by atoms with van der Waals surface area (Å²) in [7, 11) is 0. The summed E-state index contributed by atoms with van der Waals surface area (Å²) >= 11 is 0. The lowest BCUT2D eigenvalue weighted by Gasteiger charge is -2.39. The summed E-state index contributed by atoms with van der Waals surface area (Å²) in [6.45, 7) is 0.193. The van der Waals surface area contributed by atoms with Crippen molar-refractivity contribution in [2.24, 2.45) is 5.73 Å². The van der Waals surface area contributed by atoms with E-state index < -0.39 is 47.9 Å². The van der Waals surface area contributed by atoms with Gasteiger partial charge in [-0.1, -0.05) is 18.6 Å². The Kier molecular flexibility index (Phi) is 9.04. The van der Waals surface area contributed by atoms with Crippen molar-refractivity contribution >= 4 is 16.9 Å². The zero-order valence-corrected chi connectivity index (χ0v) is 20.9. The zero-order valence-electron chi connectivity index (χ0n) is 20.9. The minimum absolute atomic E-state index is 0.0252. The number of fused-ring (bicyclic) bond motifs is 1. The number of unbranched alkanes of at least 4 members (excludes halogenated alkanes) is 2. The van der Waals surface area contributed by atoms with E-state index in [9.17, 15) is 35.1 Å². The summed E-state index contributed by atoms with van der Waals surface area (Å²) in [4.78, 5) is 24.9. The largest absolute Gasteiger partial charge is 0.508 e. The third kappa shape index (κ3) is 6.49. The standard InChI is InChI=1S/C27H31NO11/c28-9-3-1-2-4-21(31)37-13-20-24(33)25(34)26(35)27(39-20)38-16-7-5-14(6-8-16)17-12-36-19-11-15(29)10-18(30)22(19)23(17)32/h5-8,10-12,20,24-27,29-30,33-35H,1-4,9,13,28H2/t20-,24+,25+,26+,27-/m0/s1. The monoisotopic (exact) mass is 545 g/mol. The maximum atomic E-state index is 12.9. The van der Waals surface area contributed by atoms with Gasteiger partial charge >= 0.3 is 5.97 Å². The number of carbonyl (C=O) groups is 1. The second-order valence-electron chi connectivity index (χ2n) is 9.26. The second-order valence-corrected chi connectivity index (χ2v) is 9.26. The molecule has 1 aromatic heterocycles. The van der Waals surface area contributed by atoms with Crippen LogP contribution in [0.2, 0.25) is 0 Å². The number of benzene rings is 2. The van der Waals surface area contributed by atoms with Gasteiger partial charge in [-0.3, -0.25) is 9.59 Å². The maximum Gasteiger partial charge on any atom is 0.305 e. The molecule has 1 aliphatic rings. The molecule has 4 rings (SSSR count). The molecule has 0 aliphatic carbocycles. The zero-order chi connectivity index (χ0) is 28.1. The molecule has 0 unspecified atom stereocenters. The van der Waals surface area contributed by atoms with Gasteiger partial charge in [0.2, 0.25) is 11.7 Å². The minimum Gasteiger partial charge on any atom is -0.508 e. The molecule has 0 radical (unpaired) electrons. The van der Waals surface area contributed by atoms with Crippen LogP contribution in [0.1, 0.15) is 25.7 Å². The molecule has 0 spiro atoms. The van der Waals surface area contributed by atoms with Gasteiger partial charge in [-0.15, -0.1) is 0 Å². The summed E-state index contributed by atoms with van der Waals surface area (Å²) < 4.78 is 21.8. The number of aliphatic hydroxyl groups is 3. The number of rotatable bonds is 10. The SMILES string of the molecule is NCCCCCC(=O)OC[C@@H]1O[C@H](Oc2ccc(-c3coc4cc(O)cc(O)c4c3=O)cc2)[C@H](O)[C@H](O)[C@@H]1O. The fraction of sp³-hybridized carbons (Fsp3) is 0.407. The van der Waals surface area contributed by atoms with E-state index in [0.717, 1.165) is 18.9 Å². The molecule has 5 atom stereocenters. The molecule has 12 nitrogen and oxygen atoms in total. The molecule has 0 amide bonds. The minimum atomic E-state index is -1.62. The number of aliphatic hydroxyl groups excluding tert-OH is 3. The van der Waals surface area contributed by atoms with Crippen molar-refractivity contribution in [2.45, 2.75) is 56.4 Å². The molecular formula is C27H31NO11. The summed E-state index contributed by atoms with van der Waals surface area (Å²) in [6.07, 6.45) is -3.70. The van der Waals surface area contributed by atoms with Crippen molar-refractivity contribution in [1.29, 1.82) is 0 Å². The lowest BCUT2D eigenvalue weighted by atomic mass is 9.99. The van der Waals surface area contributed by atoms with Crippen molar-refractivity contribution in [2.75, 3.05) is 13.2 Å². The smallest absolute Gasteiger partial charge is 0.305 e. The molecule has 1 fully saturated rings. The number of ether oxygens (including phenoxy) is 3. The van der Waals surface area contributed by atoms with Gasteiger partial charge in [0.15, 0.2) is 0 Å². The number of phenolic OH excluding ortho intramolecular Hbond substituents is 2. The van der Waals surface area contributed by atoms with E-state index in [1.165, 1.54) is 36.6 Å². The Morgan fingerprint density at radius 1 is 0.974 bits per heavy atom. The summed E-state index contributed by atoms with van der Waals surface area (Å²) in [5, 5.41) is 50.6. The molecule has 210 valence electrons. The molecule has 2 aromatic carbocycles. The topological polar surface area (TPSA) is 202 Å². The van der Waals surface area contributed by atoms with Gasteiger partial charge < -0.3 is 49.9 Å². The molecule has 12 heteroatoms. The maximum absolute atomic E-state index is 12.9. The van der Waals surface area contributed by atoms with Crippen molar-refractivity contribution in [3.63, 3.8) is 0 Å². The van der Waals surface area contributed by atoms with Gasteiger partial charge in [-0.2, -0.15) is 0 Å². The van der Waals surface area contributed by atoms with Crippen LogP contribution >= 0.6 is 0 Å². The van der Waals surface area contributed by atoms with Crippen LogP contribution in [0.5, 0.6) is 17.2 Å². The first-order chi connectivity index (χ1) is 18.7. The number of hydrogen-bond donors (Lipinski definition) is 6. The number of esters is 1. The Morgan fingerprint density at radius 2 is 1.72 bits per heavy atom. The van der Waals surface area contributed by atoms with E-state index in [-0.39, 0.29) is 41.1 Å². The van der Waals surface area contributed by atoms with Crippen LogP contribution in [0, 0.1) is 0 Å². The van der Waals surface area contributed by atoms with Crippen molar-refractivity contribution in [3.05, 3.63) is 52.9 Å². The van der Waals surface area contributed by atoms with E-state index in [0.29, 0.717) is 18.5 Å². The van der Waals surface area contributed by atoms with Crippen molar-refractivity contribution < 1.29 is 49.0 Å².